The third kappa shape index (κ3) is 5.25. The molecule has 0 spiro atoms. The van der Waals surface area contributed by atoms with Gasteiger partial charge in [-0.25, -0.2) is 4.79 Å². The molecule has 0 aliphatic rings. The number of rotatable bonds is 5. The first kappa shape index (κ1) is 14.8. The fourth-order valence-electron chi connectivity index (χ4n) is 1.29. The molecule has 102 valence electrons. The van der Waals surface area contributed by atoms with Crippen LogP contribution in [0.5, 0.6) is 0 Å². The summed E-state index contributed by atoms with van der Waals surface area (Å²) in [4.78, 5) is 27.0. The molecule has 1 aromatic rings. The van der Waals surface area contributed by atoms with Crippen molar-refractivity contribution >= 4 is 24.0 Å². The number of nitrogens with zero attached hydrogens (tertiary/aromatic N) is 1. The molecule has 0 bridgehead atoms. The number of carbonyl (C=O) groups excluding carboxylic acids is 2. The summed E-state index contributed by atoms with van der Waals surface area (Å²) in [5.41, 5.74) is 1.63. The van der Waals surface area contributed by atoms with Gasteiger partial charge in [0.05, 0.1) is 6.61 Å². The van der Waals surface area contributed by atoms with Gasteiger partial charge in [0.25, 0.3) is 0 Å². The van der Waals surface area contributed by atoms with Crippen molar-refractivity contribution < 1.29 is 14.3 Å². The highest BCUT2D eigenvalue weighted by molar-refractivity contribution is 5.91. The quantitative estimate of drug-likeness (QED) is 0.649. The maximum atomic E-state index is 11.4. The van der Waals surface area contributed by atoms with Crippen molar-refractivity contribution in [1.29, 1.82) is 0 Å². The van der Waals surface area contributed by atoms with Crippen LogP contribution in [0.25, 0.3) is 12.2 Å². The van der Waals surface area contributed by atoms with Gasteiger partial charge in [-0.1, -0.05) is 0 Å². The minimum atomic E-state index is -0.378. The Bertz CT molecular complexity index is 499. The minimum absolute atomic E-state index is 0.0789. The van der Waals surface area contributed by atoms with Crippen molar-refractivity contribution in [3.05, 3.63) is 35.7 Å². The lowest BCUT2D eigenvalue weighted by Crippen LogP contribution is -2.18. The molecule has 0 aromatic carbocycles. The predicted octanol–water partition coefficient (Wildman–Crippen LogP) is 1.69. The molecular formula is C14H18N2O3. The molecule has 5 heteroatoms. The van der Waals surface area contributed by atoms with E-state index in [-0.39, 0.29) is 11.9 Å². The molecule has 1 N–H and O–H groups in total. The fraction of sp³-hybridized carbons (Fsp3) is 0.286. The number of amides is 1. The summed E-state index contributed by atoms with van der Waals surface area (Å²) in [7, 11) is 3.38. The molecule has 0 radical (unpaired) electrons. The van der Waals surface area contributed by atoms with Gasteiger partial charge in [-0.2, -0.15) is 0 Å². The van der Waals surface area contributed by atoms with Gasteiger partial charge in [-0.3, -0.25) is 4.79 Å². The first-order valence-corrected chi connectivity index (χ1v) is 5.95. The maximum Gasteiger partial charge on any atom is 0.330 e. The monoisotopic (exact) mass is 262 g/mol. The number of aromatic nitrogens is 1. The molecule has 0 saturated heterocycles. The number of hydrogen-bond donors (Lipinski definition) is 1. The lowest BCUT2D eigenvalue weighted by atomic mass is 10.2. The highest BCUT2D eigenvalue weighted by Gasteiger charge is 1.99. The van der Waals surface area contributed by atoms with Crippen LogP contribution in [-0.2, 0) is 14.3 Å². The van der Waals surface area contributed by atoms with Crippen molar-refractivity contribution in [2.45, 2.75) is 6.92 Å². The van der Waals surface area contributed by atoms with Crippen molar-refractivity contribution in [3.8, 4) is 0 Å². The van der Waals surface area contributed by atoms with Gasteiger partial charge in [0.2, 0.25) is 5.91 Å². The average molecular weight is 262 g/mol. The molecule has 1 amide bonds. The van der Waals surface area contributed by atoms with Crippen LogP contribution in [0, 0.1) is 0 Å². The van der Waals surface area contributed by atoms with Gasteiger partial charge in [0, 0.05) is 38.1 Å². The van der Waals surface area contributed by atoms with E-state index >= 15 is 0 Å². The van der Waals surface area contributed by atoms with Gasteiger partial charge < -0.3 is 14.6 Å². The van der Waals surface area contributed by atoms with Crippen molar-refractivity contribution in [3.63, 3.8) is 0 Å². The molecular weight excluding hydrogens is 244 g/mol. The number of esters is 1. The molecule has 0 saturated carbocycles. The van der Waals surface area contributed by atoms with Crippen LogP contribution >= 0.6 is 0 Å². The second kappa shape index (κ2) is 7.20. The Labute approximate surface area is 112 Å². The Balaban J connectivity index is 2.62. The van der Waals surface area contributed by atoms with E-state index in [0.717, 1.165) is 11.3 Å². The zero-order valence-corrected chi connectivity index (χ0v) is 11.3. The second-order valence-corrected chi connectivity index (χ2v) is 4.04. The lowest BCUT2D eigenvalue weighted by Gasteiger charge is -2.04. The maximum absolute atomic E-state index is 11.4. The van der Waals surface area contributed by atoms with Gasteiger partial charge in [-0.05, 0) is 30.7 Å². The Hall–Kier alpha value is -2.30. The number of carbonyl (C=O) groups is 2. The summed E-state index contributed by atoms with van der Waals surface area (Å²) < 4.78 is 4.77. The fourth-order valence-corrected chi connectivity index (χ4v) is 1.29. The Morgan fingerprint density at radius 1 is 1.32 bits per heavy atom. The summed E-state index contributed by atoms with van der Waals surface area (Å²) in [6, 6.07) is 1.83. The molecule has 0 fully saturated rings. The van der Waals surface area contributed by atoms with Gasteiger partial charge >= 0.3 is 5.97 Å². The van der Waals surface area contributed by atoms with Crippen LogP contribution in [-0.4, -0.2) is 42.5 Å². The molecule has 0 aliphatic carbocycles. The third-order valence-electron chi connectivity index (χ3n) is 2.27. The van der Waals surface area contributed by atoms with Crippen LogP contribution in [0.15, 0.2) is 24.4 Å². The van der Waals surface area contributed by atoms with Crippen LogP contribution in [0.1, 0.15) is 18.2 Å². The lowest BCUT2D eigenvalue weighted by molar-refractivity contribution is -0.137. The van der Waals surface area contributed by atoms with E-state index < -0.39 is 0 Å². The number of nitrogens with one attached hydrogen (secondary N) is 1. The zero-order valence-electron chi connectivity index (χ0n) is 11.3. The highest BCUT2D eigenvalue weighted by atomic mass is 16.5. The standard InChI is InChI=1S/C14H18N2O3/c1-4-19-14(18)8-6-12-9-11(10-15-12)5-7-13(17)16(2)3/h5-10,15H,4H2,1-3H3. The van der Waals surface area contributed by atoms with E-state index in [4.69, 9.17) is 4.74 Å². The topological polar surface area (TPSA) is 62.4 Å². The predicted molar refractivity (Wildman–Crippen MR) is 74.2 cm³/mol. The first-order chi connectivity index (χ1) is 9.02. The molecule has 0 aliphatic heterocycles. The minimum Gasteiger partial charge on any atom is -0.463 e. The molecule has 1 aromatic heterocycles. The number of hydrogen-bond acceptors (Lipinski definition) is 3. The first-order valence-electron chi connectivity index (χ1n) is 5.95. The molecule has 1 heterocycles. The number of H-pyrrole nitrogens is 1. The molecule has 1 rings (SSSR count). The largest absolute Gasteiger partial charge is 0.463 e. The third-order valence-corrected chi connectivity index (χ3v) is 2.27. The number of likely N-dealkylation sites (N-methyl/N-ethyl adjacent to an activating group) is 1. The van der Waals surface area contributed by atoms with Crippen molar-refractivity contribution in [2.24, 2.45) is 0 Å². The highest BCUT2D eigenvalue weighted by Crippen LogP contribution is 2.07. The van der Waals surface area contributed by atoms with Crippen LogP contribution in [0.2, 0.25) is 0 Å². The zero-order chi connectivity index (χ0) is 14.3. The molecule has 5 nitrogen and oxygen atoms in total. The van der Waals surface area contributed by atoms with E-state index in [0.29, 0.717) is 6.61 Å². The number of ether oxygens (including phenoxy) is 1. The van der Waals surface area contributed by atoms with Gasteiger partial charge in [0.15, 0.2) is 0 Å². The molecule has 19 heavy (non-hydrogen) atoms. The average Bonchev–Trinajstić information content (AvgIpc) is 2.81. The normalized spacial score (nSPS) is 11.1. The van der Waals surface area contributed by atoms with E-state index in [1.54, 1.807) is 39.4 Å². The summed E-state index contributed by atoms with van der Waals surface area (Å²) in [6.45, 7) is 2.11. The smallest absolute Gasteiger partial charge is 0.330 e. The summed E-state index contributed by atoms with van der Waals surface area (Å²) in [5.74, 6) is -0.457. The SMILES string of the molecule is CCOC(=O)C=Cc1cc(C=CC(=O)N(C)C)c[nH]1. The van der Waals surface area contributed by atoms with Crippen LogP contribution in [0.3, 0.4) is 0 Å². The van der Waals surface area contributed by atoms with Gasteiger partial charge in [-0.15, -0.1) is 0 Å². The van der Waals surface area contributed by atoms with E-state index in [9.17, 15) is 9.59 Å². The van der Waals surface area contributed by atoms with Crippen LogP contribution < -0.4 is 0 Å². The Morgan fingerprint density at radius 2 is 2.05 bits per heavy atom. The van der Waals surface area contributed by atoms with Gasteiger partial charge in [0.1, 0.15) is 0 Å². The van der Waals surface area contributed by atoms with E-state index in [1.807, 2.05) is 6.07 Å². The van der Waals surface area contributed by atoms with Crippen LogP contribution in [0.4, 0.5) is 0 Å². The number of aromatic amines is 1. The van der Waals surface area contributed by atoms with E-state index in [1.165, 1.54) is 17.1 Å². The Morgan fingerprint density at radius 3 is 2.68 bits per heavy atom. The Kier molecular flexibility index (Phi) is 5.60. The van der Waals surface area contributed by atoms with Crippen molar-refractivity contribution in [2.75, 3.05) is 20.7 Å². The molecule has 0 atom stereocenters. The molecule has 0 unspecified atom stereocenters. The summed E-state index contributed by atoms with van der Waals surface area (Å²) >= 11 is 0. The second-order valence-electron chi connectivity index (χ2n) is 4.04. The summed E-state index contributed by atoms with van der Waals surface area (Å²) in [6.07, 6.45) is 7.93. The van der Waals surface area contributed by atoms with E-state index in [2.05, 4.69) is 4.98 Å². The summed E-state index contributed by atoms with van der Waals surface area (Å²) in [5, 5.41) is 0. The van der Waals surface area contributed by atoms with Crippen molar-refractivity contribution in [1.82, 2.24) is 9.88 Å².